The molecule has 1 nitrogen and oxygen atoms in total. The van der Waals surface area contributed by atoms with E-state index in [1.807, 2.05) is 6.07 Å². The summed E-state index contributed by atoms with van der Waals surface area (Å²) in [7, 11) is 0. The molecule has 0 aromatic carbocycles. The molecule has 0 fully saturated rings. The number of aromatic amines is 1. The van der Waals surface area contributed by atoms with Gasteiger partial charge in [0.2, 0.25) is 0 Å². The van der Waals surface area contributed by atoms with Crippen LogP contribution in [0.3, 0.4) is 0 Å². The topological polar surface area (TPSA) is 15.8 Å². The van der Waals surface area contributed by atoms with Crippen LogP contribution in [0, 0.1) is 4.84 Å². The molecular formula is C5H4Cl2N. The van der Waals surface area contributed by atoms with Crippen molar-refractivity contribution < 1.29 is 0 Å². The van der Waals surface area contributed by atoms with E-state index in [0.717, 1.165) is 5.69 Å². The lowest BCUT2D eigenvalue weighted by Gasteiger charge is -1.90. The van der Waals surface area contributed by atoms with Crippen molar-refractivity contribution in [3.8, 4) is 0 Å². The van der Waals surface area contributed by atoms with Gasteiger partial charge in [0.25, 0.3) is 0 Å². The highest BCUT2D eigenvalue weighted by molar-refractivity contribution is 6.54. The smallest absolute Gasteiger partial charge is 0.195 e. The standard InChI is InChI=1S/C5H4Cl2N/c6-5(7)4-2-1-3-8-4/h1-3,8H. The van der Waals surface area contributed by atoms with Crippen molar-refractivity contribution in [1.82, 2.24) is 4.98 Å². The molecule has 1 N–H and O–H groups in total. The molecule has 0 unspecified atom stereocenters. The first kappa shape index (κ1) is 5.99. The lowest BCUT2D eigenvalue weighted by molar-refractivity contribution is 1.31. The first-order valence-electron chi connectivity index (χ1n) is 2.12. The van der Waals surface area contributed by atoms with Crippen LogP contribution in [0.25, 0.3) is 0 Å². The summed E-state index contributed by atoms with van der Waals surface area (Å²) in [6, 6.07) is 3.63. The van der Waals surface area contributed by atoms with Crippen LogP contribution in [0.4, 0.5) is 0 Å². The lowest BCUT2D eigenvalue weighted by atomic mass is 10.5. The maximum Gasteiger partial charge on any atom is 0.195 e. The molecule has 1 aromatic rings. The number of hydrogen-bond donors (Lipinski definition) is 1. The van der Waals surface area contributed by atoms with Gasteiger partial charge >= 0.3 is 0 Å². The van der Waals surface area contributed by atoms with E-state index in [1.165, 1.54) is 0 Å². The normalized spacial score (nSPS) is 10.4. The van der Waals surface area contributed by atoms with Gasteiger partial charge in [-0.05, 0) is 12.1 Å². The average molecular weight is 149 g/mol. The van der Waals surface area contributed by atoms with E-state index in [4.69, 9.17) is 23.2 Å². The molecule has 0 saturated heterocycles. The highest BCUT2D eigenvalue weighted by Crippen LogP contribution is 2.20. The summed E-state index contributed by atoms with van der Waals surface area (Å²) >= 11 is 10.8. The Kier molecular flexibility index (Phi) is 1.81. The van der Waals surface area contributed by atoms with Gasteiger partial charge in [-0.1, -0.05) is 23.2 Å². The van der Waals surface area contributed by atoms with Gasteiger partial charge in [0, 0.05) is 6.20 Å². The Bertz CT molecular complexity index is 145. The zero-order valence-corrected chi connectivity index (χ0v) is 5.50. The Morgan fingerprint density at radius 2 is 2.25 bits per heavy atom. The van der Waals surface area contributed by atoms with Crippen LogP contribution >= 0.6 is 23.2 Å². The molecule has 0 atom stereocenters. The summed E-state index contributed by atoms with van der Waals surface area (Å²) in [5, 5.41) is 0. The Balaban J connectivity index is 2.77. The molecule has 0 spiro atoms. The van der Waals surface area contributed by atoms with Gasteiger partial charge in [0.05, 0.1) is 5.69 Å². The highest BCUT2D eigenvalue weighted by Gasteiger charge is 2.02. The summed E-state index contributed by atoms with van der Waals surface area (Å²) in [5.74, 6) is 0. The zero-order valence-electron chi connectivity index (χ0n) is 3.99. The Morgan fingerprint density at radius 3 is 2.50 bits per heavy atom. The number of halogens is 2. The third-order valence-corrected chi connectivity index (χ3v) is 1.21. The maximum atomic E-state index is 5.40. The average Bonchev–Trinajstić information content (AvgIpc) is 2.12. The molecule has 1 aromatic heterocycles. The van der Waals surface area contributed by atoms with Crippen LogP contribution in [0.5, 0.6) is 0 Å². The highest BCUT2D eigenvalue weighted by atomic mass is 35.5. The summed E-state index contributed by atoms with van der Waals surface area (Å²) < 4.78 is 0. The Labute approximate surface area is 57.6 Å². The first-order valence-corrected chi connectivity index (χ1v) is 2.88. The molecular weight excluding hydrogens is 145 g/mol. The largest absolute Gasteiger partial charge is 0.362 e. The third kappa shape index (κ3) is 1.17. The minimum absolute atomic E-state index is 0.273. The molecule has 43 valence electrons. The van der Waals surface area contributed by atoms with Gasteiger partial charge < -0.3 is 4.98 Å². The van der Waals surface area contributed by atoms with E-state index in [9.17, 15) is 0 Å². The number of aromatic nitrogens is 1. The fourth-order valence-electron chi connectivity index (χ4n) is 0.448. The molecule has 0 amide bonds. The van der Waals surface area contributed by atoms with E-state index in [2.05, 4.69) is 4.98 Å². The zero-order chi connectivity index (χ0) is 5.98. The Morgan fingerprint density at radius 1 is 1.50 bits per heavy atom. The molecule has 1 radical (unpaired) electrons. The minimum Gasteiger partial charge on any atom is -0.362 e. The fourth-order valence-corrected chi connectivity index (χ4v) is 0.683. The fraction of sp³-hybridized carbons (Fsp3) is 0. The van der Waals surface area contributed by atoms with Crippen molar-refractivity contribution >= 4 is 23.2 Å². The van der Waals surface area contributed by atoms with Crippen molar-refractivity contribution in [2.75, 3.05) is 0 Å². The predicted molar refractivity (Wildman–Crippen MR) is 34.8 cm³/mol. The maximum absolute atomic E-state index is 5.40. The monoisotopic (exact) mass is 148 g/mol. The molecule has 3 heteroatoms. The van der Waals surface area contributed by atoms with Gasteiger partial charge in [-0.25, -0.2) is 0 Å². The van der Waals surface area contributed by atoms with Crippen LogP contribution in [0.2, 0.25) is 0 Å². The van der Waals surface area contributed by atoms with Gasteiger partial charge in [-0.15, -0.1) is 0 Å². The van der Waals surface area contributed by atoms with Crippen LogP contribution in [-0.4, -0.2) is 4.98 Å². The second-order valence-corrected chi connectivity index (χ2v) is 2.29. The predicted octanol–water partition coefficient (Wildman–Crippen LogP) is 2.33. The Hall–Kier alpha value is -0.140. The van der Waals surface area contributed by atoms with Gasteiger partial charge in [0.15, 0.2) is 4.84 Å². The van der Waals surface area contributed by atoms with Crippen molar-refractivity contribution in [3.63, 3.8) is 0 Å². The molecule has 1 heterocycles. The van der Waals surface area contributed by atoms with Crippen molar-refractivity contribution in [1.29, 1.82) is 0 Å². The van der Waals surface area contributed by atoms with E-state index in [0.29, 0.717) is 0 Å². The van der Waals surface area contributed by atoms with Crippen LogP contribution in [0.15, 0.2) is 18.3 Å². The third-order valence-electron chi connectivity index (χ3n) is 0.802. The first-order chi connectivity index (χ1) is 3.80. The molecule has 1 rings (SSSR count). The molecule has 0 aliphatic carbocycles. The second kappa shape index (κ2) is 2.42. The van der Waals surface area contributed by atoms with Gasteiger partial charge in [-0.3, -0.25) is 0 Å². The molecule has 0 aliphatic rings. The van der Waals surface area contributed by atoms with Crippen LogP contribution < -0.4 is 0 Å². The lowest BCUT2D eigenvalue weighted by Crippen LogP contribution is -1.77. The quantitative estimate of drug-likeness (QED) is 0.630. The molecule has 0 bridgehead atoms. The van der Waals surface area contributed by atoms with Crippen LogP contribution in [-0.2, 0) is 0 Å². The molecule has 0 saturated carbocycles. The van der Waals surface area contributed by atoms with E-state index in [-0.39, 0.29) is 4.84 Å². The number of nitrogens with one attached hydrogen (secondary N) is 1. The molecule has 0 aliphatic heterocycles. The van der Waals surface area contributed by atoms with E-state index in [1.54, 1.807) is 12.3 Å². The van der Waals surface area contributed by atoms with Crippen molar-refractivity contribution in [2.45, 2.75) is 0 Å². The second-order valence-electron chi connectivity index (χ2n) is 1.34. The van der Waals surface area contributed by atoms with Gasteiger partial charge in [0.1, 0.15) is 0 Å². The summed E-state index contributed by atoms with van der Waals surface area (Å²) in [4.78, 5) is 3.11. The summed E-state index contributed by atoms with van der Waals surface area (Å²) in [6.07, 6.45) is 1.76. The van der Waals surface area contributed by atoms with E-state index < -0.39 is 0 Å². The summed E-state index contributed by atoms with van der Waals surface area (Å²) in [5.41, 5.74) is 0.758. The van der Waals surface area contributed by atoms with Gasteiger partial charge in [-0.2, -0.15) is 0 Å². The van der Waals surface area contributed by atoms with Crippen molar-refractivity contribution in [3.05, 3.63) is 28.9 Å². The van der Waals surface area contributed by atoms with E-state index >= 15 is 0 Å². The molecule has 8 heavy (non-hydrogen) atoms. The SMILES string of the molecule is Cl[C](Cl)c1ccc[nH]1. The van der Waals surface area contributed by atoms with Crippen molar-refractivity contribution in [2.24, 2.45) is 0 Å². The summed E-state index contributed by atoms with van der Waals surface area (Å²) in [6.45, 7) is 0. The number of rotatable bonds is 1. The van der Waals surface area contributed by atoms with Crippen LogP contribution in [0.1, 0.15) is 5.69 Å². The number of hydrogen-bond acceptors (Lipinski definition) is 0. The minimum atomic E-state index is 0.273. The number of H-pyrrole nitrogens is 1.